The summed E-state index contributed by atoms with van der Waals surface area (Å²) < 4.78 is 13.1. The standard InChI is InChI=1S/C14H22FN/c1-10-7-11(5-6-13(10)15)8-12(16)9-14(2,3)4/h5-7,12H,8-9,16H2,1-4H3. The first-order valence-electron chi connectivity index (χ1n) is 5.78. The largest absolute Gasteiger partial charge is 0.327 e. The zero-order valence-electron chi connectivity index (χ0n) is 10.7. The smallest absolute Gasteiger partial charge is 0.126 e. The molecule has 0 radical (unpaired) electrons. The van der Waals surface area contributed by atoms with Crippen LogP contribution in [0.15, 0.2) is 18.2 Å². The van der Waals surface area contributed by atoms with Crippen molar-refractivity contribution in [3.8, 4) is 0 Å². The van der Waals surface area contributed by atoms with E-state index in [-0.39, 0.29) is 17.3 Å². The first kappa shape index (κ1) is 13.2. The number of aryl methyl sites for hydroxylation is 1. The van der Waals surface area contributed by atoms with Gasteiger partial charge in [-0.2, -0.15) is 0 Å². The van der Waals surface area contributed by atoms with Crippen molar-refractivity contribution in [1.82, 2.24) is 0 Å². The maximum atomic E-state index is 13.1. The van der Waals surface area contributed by atoms with Gasteiger partial charge in [0.15, 0.2) is 0 Å². The quantitative estimate of drug-likeness (QED) is 0.834. The lowest BCUT2D eigenvalue weighted by Gasteiger charge is -2.23. The van der Waals surface area contributed by atoms with Gasteiger partial charge in [-0.1, -0.05) is 32.9 Å². The van der Waals surface area contributed by atoms with Crippen LogP contribution in [0.1, 0.15) is 38.3 Å². The minimum Gasteiger partial charge on any atom is -0.327 e. The van der Waals surface area contributed by atoms with Gasteiger partial charge in [-0.15, -0.1) is 0 Å². The molecule has 1 aromatic carbocycles. The monoisotopic (exact) mass is 223 g/mol. The molecule has 1 aromatic rings. The highest BCUT2D eigenvalue weighted by Gasteiger charge is 2.16. The highest BCUT2D eigenvalue weighted by atomic mass is 19.1. The Morgan fingerprint density at radius 1 is 1.31 bits per heavy atom. The topological polar surface area (TPSA) is 26.0 Å². The van der Waals surface area contributed by atoms with E-state index in [0.717, 1.165) is 18.4 Å². The molecule has 0 amide bonds. The molecule has 0 fully saturated rings. The Balaban J connectivity index is 2.63. The number of hydrogen-bond donors (Lipinski definition) is 1. The fourth-order valence-electron chi connectivity index (χ4n) is 2.00. The van der Waals surface area contributed by atoms with Gasteiger partial charge in [-0.25, -0.2) is 4.39 Å². The van der Waals surface area contributed by atoms with Crippen LogP contribution in [0.4, 0.5) is 4.39 Å². The number of halogens is 1. The average Bonchev–Trinajstić information content (AvgIpc) is 2.08. The minimum absolute atomic E-state index is 0.143. The highest BCUT2D eigenvalue weighted by molar-refractivity contribution is 5.24. The molecule has 0 aliphatic rings. The number of rotatable bonds is 3. The number of hydrogen-bond acceptors (Lipinski definition) is 1. The van der Waals surface area contributed by atoms with Gasteiger partial charge in [0.05, 0.1) is 0 Å². The fourth-order valence-corrected chi connectivity index (χ4v) is 2.00. The van der Waals surface area contributed by atoms with Gasteiger partial charge in [0.25, 0.3) is 0 Å². The van der Waals surface area contributed by atoms with E-state index in [9.17, 15) is 4.39 Å². The summed E-state index contributed by atoms with van der Waals surface area (Å²) in [6, 6.07) is 5.38. The SMILES string of the molecule is Cc1cc(CC(N)CC(C)(C)C)ccc1F. The van der Waals surface area contributed by atoms with Gasteiger partial charge in [-0.3, -0.25) is 0 Å². The van der Waals surface area contributed by atoms with Crippen molar-refractivity contribution in [2.75, 3.05) is 0 Å². The lowest BCUT2D eigenvalue weighted by Crippen LogP contribution is -2.28. The van der Waals surface area contributed by atoms with Gasteiger partial charge in [0, 0.05) is 6.04 Å². The molecule has 90 valence electrons. The molecule has 0 heterocycles. The van der Waals surface area contributed by atoms with E-state index in [4.69, 9.17) is 5.73 Å². The summed E-state index contributed by atoms with van der Waals surface area (Å²) in [6.45, 7) is 8.34. The van der Waals surface area contributed by atoms with Crippen LogP contribution in [0, 0.1) is 18.2 Å². The van der Waals surface area contributed by atoms with E-state index in [1.807, 2.05) is 12.1 Å². The normalized spacial score (nSPS) is 13.9. The van der Waals surface area contributed by atoms with E-state index in [1.165, 1.54) is 6.07 Å². The second-order valence-electron chi connectivity index (χ2n) is 5.81. The Morgan fingerprint density at radius 2 is 1.94 bits per heavy atom. The van der Waals surface area contributed by atoms with E-state index in [2.05, 4.69) is 20.8 Å². The second kappa shape index (κ2) is 4.96. The zero-order chi connectivity index (χ0) is 12.3. The zero-order valence-corrected chi connectivity index (χ0v) is 10.7. The Labute approximate surface area is 97.9 Å². The van der Waals surface area contributed by atoms with E-state index >= 15 is 0 Å². The third-order valence-electron chi connectivity index (χ3n) is 2.59. The molecule has 1 rings (SSSR count). The van der Waals surface area contributed by atoms with Crippen molar-refractivity contribution < 1.29 is 4.39 Å². The molecule has 0 spiro atoms. The average molecular weight is 223 g/mol. The van der Waals surface area contributed by atoms with Crippen molar-refractivity contribution >= 4 is 0 Å². The molecule has 1 unspecified atom stereocenters. The molecule has 0 saturated carbocycles. The van der Waals surface area contributed by atoms with Gasteiger partial charge in [-0.05, 0) is 42.4 Å². The maximum absolute atomic E-state index is 13.1. The molecule has 1 atom stereocenters. The van der Waals surface area contributed by atoms with Crippen LogP contribution in [0.3, 0.4) is 0 Å². The number of nitrogens with two attached hydrogens (primary N) is 1. The van der Waals surface area contributed by atoms with Crippen LogP contribution in [0.25, 0.3) is 0 Å². The predicted molar refractivity (Wildman–Crippen MR) is 66.9 cm³/mol. The van der Waals surface area contributed by atoms with Crippen molar-refractivity contribution in [3.05, 3.63) is 35.1 Å². The first-order chi connectivity index (χ1) is 7.28. The first-order valence-corrected chi connectivity index (χ1v) is 5.78. The lowest BCUT2D eigenvalue weighted by atomic mass is 9.86. The molecule has 0 aliphatic heterocycles. The molecule has 16 heavy (non-hydrogen) atoms. The van der Waals surface area contributed by atoms with E-state index in [1.54, 1.807) is 6.92 Å². The molecule has 0 aliphatic carbocycles. The van der Waals surface area contributed by atoms with Crippen LogP contribution in [-0.4, -0.2) is 6.04 Å². The molecular weight excluding hydrogens is 201 g/mol. The summed E-state index contributed by atoms with van der Waals surface area (Å²) in [5, 5.41) is 0. The van der Waals surface area contributed by atoms with Gasteiger partial charge in [0.1, 0.15) is 5.82 Å². The van der Waals surface area contributed by atoms with Gasteiger partial charge < -0.3 is 5.73 Å². The van der Waals surface area contributed by atoms with Crippen LogP contribution in [-0.2, 0) is 6.42 Å². The molecule has 0 bridgehead atoms. The lowest BCUT2D eigenvalue weighted by molar-refractivity contribution is 0.338. The third-order valence-corrected chi connectivity index (χ3v) is 2.59. The summed E-state index contributed by atoms with van der Waals surface area (Å²) >= 11 is 0. The molecule has 1 nitrogen and oxygen atoms in total. The minimum atomic E-state index is -0.145. The summed E-state index contributed by atoms with van der Waals surface area (Å²) in [7, 11) is 0. The van der Waals surface area contributed by atoms with Crippen molar-refractivity contribution in [2.24, 2.45) is 11.1 Å². The van der Waals surface area contributed by atoms with Crippen LogP contribution < -0.4 is 5.73 Å². The molecule has 0 aromatic heterocycles. The Kier molecular flexibility index (Phi) is 4.09. The van der Waals surface area contributed by atoms with Gasteiger partial charge in [0.2, 0.25) is 0 Å². The van der Waals surface area contributed by atoms with Crippen molar-refractivity contribution in [1.29, 1.82) is 0 Å². The number of benzene rings is 1. The Bertz CT molecular complexity index is 352. The van der Waals surface area contributed by atoms with Crippen molar-refractivity contribution in [2.45, 2.75) is 46.6 Å². The predicted octanol–water partition coefficient (Wildman–Crippen LogP) is 3.44. The van der Waals surface area contributed by atoms with Crippen LogP contribution in [0.2, 0.25) is 0 Å². The third kappa shape index (κ3) is 4.31. The fraction of sp³-hybridized carbons (Fsp3) is 0.571. The Hall–Kier alpha value is -0.890. The maximum Gasteiger partial charge on any atom is 0.126 e. The van der Waals surface area contributed by atoms with E-state index in [0.29, 0.717) is 5.56 Å². The Morgan fingerprint density at radius 3 is 2.44 bits per heavy atom. The van der Waals surface area contributed by atoms with Crippen LogP contribution >= 0.6 is 0 Å². The summed E-state index contributed by atoms with van der Waals surface area (Å²) in [5.41, 5.74) is 8.15. The van der Waals surface area contributed by atoms with Gasteiger partial charge >= 0.3 is 0 Å². The second-order valence-corrected chi connectivity index (χ2v) is 5.81. The summed E-state index contributed by atoms with van der Waals surface area (Å²) in [6.07, 6.45) is 1.79. The summed E-state index contributed by atoms with van der Waals surface area (Å²) in [5.74, 6) is -0.145. The van der Waals surface area contributed by atoms with E-state index < -0.39 is 0 Å². The molecule has 2 N–H and O–H groups in total. The highest BCUT2D eigenvalue weighted by Crippen LogP contribution is 2.22. The summed E-state index contributed by atoms with van der Waals surface area (Å²) in [4.78, 5) is 0. The molecule has 2 heteroatoms. The van der Waals surface area contributed by atoms with Crippen molar-refractivity contribution in [3.63, 3.8) is 0 Å². The molecule has 0 saturated heterocycles. The van der Waals surface area contributed by atoms with Crippen LogP contribution in [0.5, 0.6) is 0 Å². The molecular formula is C14H22FN.